The Labute approximate surface area is 90.7 Å². The van der Waals surface area contributed by atoms with E-state index < -0.39 is 0 Å². The number of thiazole rings is 1. The van der Waals surface area contributed by atoms with E-state index in [1.807, 2.05) is 6.07 Å². The molecule has 3 aromatic heterocycles. The van der Waals surface area contributed by atoms with Gasteiger partial charge in [0.1, 0.15) is 16.7 Å². The summed E-state index contributed by atoms with van der Waals surface area (Å²) in [6, 6.07) is 1.90. The molecular weight excluding hydrogens is 266 g/mol. The number of nitrogens with two attached hydrogens (primary N) is 1. The van der Waals surface area contributed by atoms with E-state index in [0.717, 1.165) is 20.5 Å². The van der Waals surface area contributed by atoms with Gasteiger partial charge in [-0.05, 0) is 22.0 Å². The standard InChI is InChI=1S/C7H4BrN5S/c8-3-1-4-6(14-7(9)12-4)13-5(3)10-2-11-13/h1-2H,(H2,9,12). The summed E-state index contributed by atoms with van der Waals surface area (Å²) in [5.74, 6) is 0. The molecule has 0 saturated carbocycles. The fourth-order valence-electron chi connectivity index (χ4n) is 1.32. The van der Waals surface area contributed by atoms with E-state index in [4.69, 9.17) is 5.73 Å². The molecule has 0 radical (unpaired) electrons. The number of halogens is 1. The van der Waals surface area contributed by atoms with Crippen molar-refractivity contribution in [3.63, 3.8) is 0 Å². The van der Waals surface area contributed by atoms with Gasteiger partial charge in [-0.3, -0.25) is 0 Å². The Kier molecular flexibility index (Phi) is 1.53. The van der Waals surface area contributed by atoms with Crippen LogP contribution in [0.4, 0.5) is 5.13 Å². The fraction of sp³-hybridized carbons (Fsp3) is 0. The monoisotopic (exact) mass is 269 g/mol. The Morgan fingerprint density at radius 2 is 2.36 bits per heavy atom. The van der Waals surface area contributed by atoms with Crippen molar-refractivity contribution >= 4 is 48.4 Å². The maximum atomic E-state index is 5.63. The van der Waals surface area contributed by atoms with Crippen molar-refractivity contribution in [1.82, 2.24) is 19.6 Å². The lowest BCUT2D eigenvalue weighted by molar-refractivity contribution is 1.01. The first kappa shape index (κ1) is 8.13. The second-order valence-electron chi connectivity index (χ2n) is 2.73. The molecule has 2 N–H and O–H groups in total. The summed E-state index contributed by atoms with van der Waals surface area (Å²) in [7, 11) is 0. The summed E-state index contributed by atoms with van der Waals surface area (Å²) in [4.78, 5) is 9.22. The third-order valence-corrected chi connectivity index (χ3v) is 3.33. The van der Waals surface area contributed by atoms with Crippen LogP contribution in [0.5, 0.6) is 0 Å². The average Bonchev–Trinajstić information content (AvgIpc) is 2.69. The van der Waals surface area contributed by atoms with Gasteiger partial charge in [0.15, 0.2) is 10.8 Å². The van der Waals surface area contributed by atoms with Gasteiger partial charge in [0, 0.05) is 0 Å². The molecule has 0 aliphatic carbocycles. The molecule has 0 aromatic carbocycles. The first-order valence-electron chi connectivity index (χ1n) is 3.80. The molecule has 5 nitrogen and oxygen atoms in total. The number of fused-ring (bicyclic) bond motifs is 3. The van der Waals surface area contributed by atoms with Crippen molar-refractivity contribution in [3.8, 4) is 0 Å². The third-order valence-electron chi connectivity index (χ3n) is 1.87. The minimum Gasteiger partial charge on any atom is -0.375 e. The van der Waals surface area contributed by atoms with Gasteiger partial charge in [0.25, 0.3) is 0 Å². The Bertz CT molecular complexity index is 627. The molecule has 0 saturated heterocycles. The van der Waals surface area contributed by atoms with E-state index in [0.29, 0.717) is 5.13 Å². The number of nitrogens with zero attached hydrogens (tertiary/aromatic N) is 4. The van der Waals surface area contributed by atoms with Gasteiger partial charge in [0.2, 0.25) is 0 Å². The highest BCUT2D eigenvalue weighted by molar-refractivity contribution is 9.10. The van der Waals surface area contributed by atoms with Crippen molar-refractivity contribution in [2.75, 3.05) is 5.73 Å². The molecule has 14 heavy (non-hydrogen) atoms. The number of nitrogen functional groups attached to an aromatic ring is 1. The first-order chi connectivity index (χ1) is 6.75. The van der Waals surface area contributed by atoms with E-state index in [-0.39, 0.29) is 0 Å². The van der Waals surface area contributed by atoms with Crippen LogP contribution in [0.25, 0.3) is 16.0 Å². The summed E-state index contributed by atoms with van der Waals surface area (Å²) in [5.41, 5.74) is 7.24. The van der Waals surface area contributed by atoms with Crippen LogP contribution in [0.2, 0.25) is 0 Å². The van der Waals surface area contributed by atoms with Gasteiger partial charge in [-0.1, -0.05) is 11.3 Å². The molecule has 0 atom stereocenters. The van der Waals surface area contributed by atoms with Gasteiger partial charge in [-0.2, -0.15) is 5.10 Å². The second kappa shape index (κ2) is 2.64. The van der Waals surface area contributed by atoms with Crippen LogP contribution in [0, 0.1) is 0 Å². The SMILES string of the molecule is Nc1nc2cc(Br)c3ncnn3c2s1. The topological polar surface area (TPSA) is 69.1 Å². The second-order valence-corrected chi connectivity index (χ2v) is 4.59. The maximum absolute atomic E-state index is 5.63. The average molecular weight is 270 g/mol. The number of aromatic nitrogens is 4. The molecule has 3 rings (SSSR count). The van der Waals surface area contributed by atoms with Gasteiger partial charge in [-0.15, -0.1) is 0 Å². The van der Waals surface area contributed by atoms with E-state index in [1.54, 1.807) is 4.52 Å². The highest BCUT2D eigenvalue weighted by atomic mass is 79.9. The largest absolute Gasteiger partial charge is 0.375 e. The lowest BCUT2D eigenvalue weighted by Gasteiger charge is -1.94. The van der Waals surface area contributed by atoms with Crippen molar-refractivity contribution in [2.24, 2.45) is 0 Å². The number of hydrogen-bond donors (Lipinski definition) is 1. The molecular formula is C7H4BrN5S. The lowest BCUT2D eigenvalue weighted by atomic mass is 10.4. The molecule has 70 valence electrons. The predicted molar refractivity (Wildman–Crippen MR) is 58.3 cm³/mol. The van der Waals surface area contributed by atoms with E-state index in [9.17, 15) is 0 Å². The number of anilines is 1. The summed E-state index contributed by atoms with van der Waals surface area (Å²) in [5, 5.41) is 4.65. The van der Waals surface area contributed by atoms with Crippen molar-refractivity contribution in [2.45, 2.75) is 0 Å². The molecule has 3 aromatic rings. The Hall–Kier alpha value is -1.21. The summed E-state index contributed by atoms with van der Waals surface area (Å²) in [6.45, 7) is 0. The molecule has 0 spiro atoms. The zero-order valence-electron chi connectivity index (χ0n) is 6.81. The molecule has 0 aliphatic heterocycles. The van der Waals surface area contributed by atoms with Gasteiger partial charge < -0.3 is 5.73 Å². The molecule has 3 heterocycles. The van der Waals surface area contributed by atoms with E-state index in [1.165, 1.54) is 17.7 Å². The Morgan fingerprint density at radius 3 is 3.21 bits per heavy atom. The van der Waals surface area contributed by atoms with Crippen LogP contribution < -0.4 is 5.73 Å². The Balaban J connectivity index is 2.64. The van der Waals surface area contributed by atoms with Crippen molar-refractivity contribution in [1.29, 1.82) is 0 Å². The van der Waals surface area contributed by atoms with Gasteiger partial charge in [-0.25, -0.2) is 14.5 Å². The maximum Gasteiger partial charge on any atom is 0.182 e. The minimum absolute atomic E-state index is 0.537. The molecule has 0 unspecified atom stereocenters. The lowest BCUT2D eigenvalue weighted by Crippen LogP contribution is -1.88. The predicted octanol–water partition coefficient (Wildman–Crippen LogP) is 1.68. The number of rotatable bonds is 0. The van der Waals surface area contributed by atoms with Crippen LogP contribution >= 0.6 is 27.3 Å². The molecule has 0 amide bonds. The van der Waals surface area contributed by atoms with Gasteiger partial charge in [0.05, 0.1) is 4.47 Å². The number of pyridine rings is 1. The number of hydrogen-bond acceptors (Lipinski definition) is 5. The highest BCUT2D eigenvalue weighted by Gasteiger charge is 2.10. The highest BCUT2D eigenvalue weighted by Crippen LogP contribution is 2.28. The zero-order chi connectivity index (χ0) is 9.71. The van der Waals surface area contributed by atoms with Crippen LogP contribution in [-0.2, 0) is 0 Å². The van der Waals surface area contributed by atoms with Crippen molar-refractivity contribution < 1.29 is 0 Å². The smallest absolute Gasteiger partial charge is 0.182 e. The quantitative estimate of drug-likeness (QED) is 0.674. The van der Waals surface area contributed by atoms with E-state index in [2.05, 4.69) is 31.0 Å². The van der Waals surface area contributed by atoms with Crippen LogP contribution in [-0.4, -0.2) is 19.6 Å². The summed E-state index contributed by atoms with van der Waals surface area (Å²) < 4.78 is 2.60. The molecule has 7 heteroatoms. The first-order valence-corrected chi connectivity index (χ1v) is 5.41. The molecule has 0 bridgehead atoms. The normalized spacial score (nSPS) is 11.5. The summed E-state index contributed by atoms with van der Waals surface area (Å²) in [6.07, 6.45) is 1.51. The summed E-state index contributed by atoms with van der Waals surface area (Å²) >= 11 is 4.81. The van der Waals surface area contributed by atoms with Crippen molar-refractivity contribution in [3.05, 3.63) is 16.9 Å². The molecule has 0 aliphatic rings. The van der Waals surface area contributed by atoms with Gasteiger partial charge >= 0.3 is 0 Å². The fourth-order valence-corrected chi connectivity index (χ4v) is 2.58. The van der Waals surface area contributed by atoms with Crippen LogP contribution in [0.1, 0.15) is 0 Å². The zero-order valence-corrected chi connectivity index (χ0v) is 9.21. The van der Waals surface area contributed by atoms with E-state index >= 15 is 0 Å². The Morgan fingerprint density at radius 1 is 1.50 bits per heavy atom. The van der Waals surface area contributed by atoms with Crippen LogP contribution in [0.3, 0.4) is 0 Å². The third kappa shape index (κ3) is 0.962. The molecule has 0 fully saturated rings. The minimum atomic E-state index is 0.537. The van der Waals surface area contributed by atoms with Crippen LogP contribution in [0.15, 0.2) is 16.9 Å².